The highest BCUT2D eigenvalue weighted by Crippen LogP contribution is 2.37. The van der Waals surface area contributed by atoms with Crippen molar-refractivity contribution in [1.29, 1.82) is 0 Å². The van der Waals surface area contributed by atoms with E-state index in [4.69, 9.17) is 4.74 Å². The van der Waals surface area contributed by atoms with Gasteiger partial charge in [0.15, 0.2) is 0 Å². The summed E-state index contributed by atoms with van der Waals surface area (Å²) >= 11 is 0. The van der Waals surface area contributed by atoms with Crippen molar-refractivity contribution in [3.05, 3.63) is 65.2 Å². The lowest BCUT2D eigenvalue weighted by Crippen LogP contribution is -2.14. The van der Waals surface area contributed by atoms with Gasteiger partial charge in [-0.15, -0.1) is 0 Å². The van der Waals surface area contributed by atoms with Crippen molar-refractivity contribution in [3.8, 4) is 5.75 Å². The predicted molar refractivity (Wildman–Crippen MR) is 91.7 cm³/mol. The zero-order valence-corrected chi connectivity index (χ0v) is 14.5. The van der Waals surface area contributed by atoms with Gasteiger partial charge in [-0.25, -0.2) is 0 Å². The van der Waals surface area contributed by atoms with E-state index in [-0.39, 0.29) is 6.07 Å². The number of rotatable bonds is 5. The predicted octanol–water partition coefficient (Wildman–Crippen LogP) is 5.77. The Kier molecular flexibility index (Phi) is 6.37. The fourth-order valence-corrected chi connectivity index (χ4v) is 2.22. The Labute approximate surface area is 156 Å². The van der Waals surface area contributed by atoms with Crippen molar-refractivity contribution in [2.75, 3.05) is 11.9 Å². The van der Waals surface area contributed by atoms with Crippen molar-refractivity contribution < 1.29 is 35.9 Å². The summed E-state index contributed by atoms with van der Waals surface area (Å²) in [6.07, 6.45) is -7.61. The number of nitrogens with one attached hydrogen (secondary N) is 1. The average molecular weight is 403 g/mol. The maximum Gasteiger partial charge on any atom is 0.416 e. The third kappa shape index (κ3) is 6.04. The van der Waals surface area contributed by atoms with Gasteiger partial charge in [-0.3, -0.25) is 4.79 Å². The number of halogens is 6. The third-order valence-electron chi connectivity index (χ3n) is 3.47. The van der Waals surface area contributed by atoms with Crippen LogP contribution >= 0.6 is 0 Å². The number of hydrogen-bond donors (Lipinski definition) is 1. The van der Waals surface area contributed by atoms with Crippen molar-refractivity contribution in [3.63, 3.8) is 0 Å². The number of alkyl halides is 6. The molecule has 0 aliphatic rings. The Bertz CT molecular complexity index is 822. The second-order valence-electron chi connectivity index (χ2n) is 5.62. The van der Waals surface area contributed by atoms with E-state index in [1.165, 1.54) is 6.08 Å². The van der Waals surface area contributed by atoms with E-state index >= 15 is 0 Å². The number of hydrogen-bond acceptors (Lipinski definition) is 2. The molecule has 150 valence electrons. The van der Waals surface area contributed by atoms with Crippen LogP contribution < -0.4 is 10.1 Å². The summed E-state index contributed by atoms with van der Waals surface area (Å²) in [5, 5.41) is 2.02. The molecule has 1 amide bonds. The van der Waals surface area contributed by atoms with Crippen molar-refractivity contribution in [1.82, 2.24) is 0 Å². The quantitative estimate of drug-likeness (QED) is 0.508. The highest BCUT2D eigenvalue weighted by molar-refractivity contribution is 6.02. The third-order valence-corrected chi connectivity index (χ3v) is 3.47. The van der Waals surface area contributed by atoms with Crippen LogP contribution in [-0.4, -0.2) is 12.5 Å². The second-order valence-corrected chi connectivity index (χ2v) is 5.62. The van der Waals surface area contributed by atoms with Gasteiger partial charge < -0.3 is 10.1 Å². The minimum absolute atomic E-state index is 0.00851. The average Bonchev–Trinajstić information content (AvgIpc) is 2.59. The lowest BCUT2D eigenvalue weighted by atomic mass is 10.1. The molecule has 2 aromatic rings. The Morgan fingerprint density at radius 3 is 1.96 bits per heavy atom. The number of carbonyl (C=O) groups excluding carboxylic acids is 1. The molecule has 0 atom stereocenters. The normalized spacial score (nSPS) is 12.2. The molecule has 0 aliphatic carbocycles. The molecule has 0 saturated heterocycles. The summed E-state index contributed by atoms with van der Waals surface area (Å²) in [6, 6.07) is 7.47. The fraction of sp³-hybridized carbons (Fsp3) is 0.211. The zero-order chi connectivity index (χ0) is 20.9. The van der Waals surface area contributed by atoms with Gasteiger partial charge in [0.05, 0.1) is 17.7 Å². The van der Waals surface area contributed by atoms with Gasteiger partial charge >= 0.3 is 12.4 Å². The monoisotopic (exact) mass is 403 g/mol. The van der Waals surface area contributed by atoms with E-state index in [0.717, 1.165) is 6.08 Å². The molecule has 0 bridgehead atoms. The first-order valence-electron chi connectivity index (χ1n) is 8.00. The van der Waals surface area contributed by atoms with Gasteiger partial charge in [0, 0.05) is 11.8 Å². The SMILES string of the molecule is CCOc1ccc(/C=C/C(=O)Nc2cc(C(F)(F)F)cc(C(F)(F)F)c2)cc1. The number of ether oxygens (including phenoxy) is 1. The molecular formula is C19H15F6NO2. The van der Waals surface area contributed by atoms with Gasteiger partial charge in [-0.1, -0.05) is 12.1 Å². The van der Waals surface area contributed by atoms with E-state index in [2.05, 4.69) is 0 Å². The first-order valence-corrected chi connectivity index (χ1v) is 8.00. The lowest BCUT2D eigenvalue weighted by Gasteiger charge is -2.14. The first kappa shape index (κ1) is 21.3. The number of carbonyl (C=O) groups is 1. The highest BCUT2D eigenvalue weighted by atomic mass is 19.4. The maximum absolute atomic E-state index is 12.8. The summed E-state index contributed by atoms with van der Waals surface area (Å²) in [4.78, 5) is 11.9. The number of benzene rings is 2. The molecule has 2 aromatic carbocycles. The summed E-state index contributed by atoms with van der Waals surface area (Å²) in [7, 11) is 0. The molecule has 0 spiro atoms. The zero-order valence-electron chi connectivity index (χ0n) is 14.5. The highest BCUT2D eigenvalue weighted by Gasteiger charge is 2.37. The minimum atomic E-state index is -4.99. The summed E-state index contributed by atoms with van der Waals surface area (Å²) in [5.41, 5.74) is -3.02. The molecule has 2 rings (SSSR count). The van der Waals surface area contributed by atoms with Crippen LogP contribution in [0.4, 0.5) is 32.0 Å². The van der Waals surface area contributed by atoms with Crippen LogP contribution in [0.1, 0.15) is 23.6 Å². The fourth-order valence-electron chi connectivity index (χ4n) is 2.22. The molecule has 0 unspecified atom stereocenters. The topological polar surface area (TPSA) is 38.3 Å². The molecule has 0 saturated carbocycles. The van der Waals surface area contributed by atoms with Crippen molar-refractivity contribution in [2.45, 2.75) is 19.3 Å². The molecule has 1 N–H and O–H groups in total. The first-order chi connectivity index (χ1) is 13.0. The van der Waals surface area contributed by atoms with E-state index in [1.54, 1.807) is 24.3 Å². The molecule has 28 heavy (non-hydrogen) atoms. The largest absolute Gasteiger partial charge is 0.494 e. The summed E-state index contributed by atoms with van der Waals surface area (Å²) in [5.74, 6) is -0.255. The van der Waals surface area contributed by atoms with Gasteiger partial charge in [0.2, 0.25) is 5.91 Å². The summed E-state index contributed by atoms with van der Waals surface area (Å²) < 4.78 is 82.2. The van der Waals surface area contributed by atoms with Gasteiger partial charge in [0.1, 0.15) is 5.75 Å². The van der Waals surface area contributed by atoms with E-state index in [1.807, 2.05) is 12.2 Å². The standard InChI is InChI=1S/C19H15F6NO2/c1-2-28-16-6-3-12(4-7-16)5-8-17(27)26-15-10-13(18(20,21)22)9-14(11-15)19(23,24)25/h3-11H,2H2,1H3,(H,26,27)/b8-5+. The van der Waals surface area contributed by atoms with E-state index in [9.17, 15) is 31.1 Å². The Balaban J connectivity index is 2.18. The van der Waals surface area contributed by atoms with Gasteiger partial charge in [-0.05, 0) is 48.9 Å². The van der Waals surface area contributed by atoms with Crippen LogP contribution in [0.5, 0.6) is 5.75 Å². The van der Waals surface area contributed by atoms with Crippen LogP contribution in [-0.2, 0) is 17.1 Å². The summed E-state index contributed by atoms with van der Waals surface area (Å²) in [6.45, 7) is 2.30. The number of amides is 1. The van der Waals surface area contributed by atoms with Crippen molar-refractivity contribution in [2.24, 2.45) is 0 Å². The van der Waals surface area contributed by atoms with Gasteiger partial charge in [0.25, 0.3) is 0 Å². The molecule has 0 aromatic heterocycles. The molecule has 0 heterocycles. The molecule has 0 radical (unpaired) electrons. The molecule has 0 aliphatic heterocycles. The molecule has 0 fully saturated rings. The van der Waals surface area contributed by atoms with Crippen LogP contribution in [0.25, 0.3) is 6.08 Å². The number of anilines is 1. The van der Waals surface area contributed by atoms with Gasteiger partial charge in [-0.2, -0.15) is 26.3 Å². The van der Waals surface area contributed by atoms with Crippen LogP contribution in [0, 0.1) is 0 Å². The lowest BCUT2D eigenvalue weighted by molar-refractivity contribution is -0.143. The molecule has 3 nitrogen and oxygen atoms in total. The molecular weight excluding hydrogens is 388 g/mol. The second kappa shape index (κ2) is 8.37. The van der Waals surface area contributed by atoms with Crippen LogP contribution in [0.15, 0.2) is 48.5 Å². The van der Waals surface area contributed by atoms with Crippen molar-refractivity contribution >= 4 is 17.7 Å². The Morgan fingerprint density at radius 2 is 1.50 bits per heavy atom. The molecule has 9 heteroatoms. The van der Waals surface area contributed by atoms with Crippen LogP contribution in [0.3, 0.4) is 0 Å². The Hall–Kier alpha value is -2.97. The maximum atomic E-state index is 12.8. The Morgan fingerprint density at radius 1 is 0.964 bits per heavy atom. The van der Waals surface area contributed by atoms with E-state index in [0.29, 0.717) is 30.1 Å². The van der Waals surface area contributed by atoms with Crippen LogP contribution in [0.2, 0.25) is 0 Å². The minimum Gasteiger partial charge on any atom is -0.494 e. The van der Waals surface area contributed by atoms with E-state index < -0.39 is 35.1 Å². The smallest absolute Gasteiger partial charge is 0.416 e.